The van der Waals surface area contributed by atoms with Gasteiger partial charge in [0.25, 0.3) is 0 Å². The van der Waals surface area contributed by atoms with E-state index in [1.54, 1.807) is 30.4 Å². The predicted molar refractivity (Wildman–Crippen MR) is 69.7 cm³/mol. The summed E-state index contributed by atoms with van der Waals surface area (Å²) in [6.07, 6.45) is 3.31. The molecule has 1 aromatic carbocycles. The van der Waals surface area contributed by atoms with Crippen LogP contribution in [-0.2, 0) is 6.54 Å². The summed E-state index contributed by atoms with van der Waals surface area (Å²) in [7, 11) is 1.65. The van der Waals surface area contributed by atoms with E-state index in [1.807, 2.05) is 6.07 Å². The lowest BCUT2D eigenvalue weighted by molar-refractivity contribution is 0.0697. The van der Waals surface area contributed by atoms with Crippen LogP contribution >= 0.6 is 0 Å². The number of aromatic carboxylic acids is 1. The highest BCUT2D eigenvalue weighted by Gasteiger charge is 2.17. The van der Waals surface area contributed by atoms with Gasteiger partial charge in [-0.15, -0.1) is 0 Å². The lowest BCUT2D eigenvalue weighted by Gasteiger charge is -2.21. The minimum atomic E-state index is -1.15. The molecule has 98 valence electrons. The average molecular weight is 260 g/mol. The molecular weight excluding hydrogens is 247 g/mol. The van der Waals surface area contributed by atoms with Gasteiger partial charge in [-0.05, 0) is 23.8 Å². The second-order valence-electron chi connectivity index (χ2n) is 4.16. The molecule has 0 spiro atoms. The van der Waals surface area contributed by atoms with Crippen molar-refractivity contribution in [3.63, 3.8) is 0 Å². The molecule has 5 heteroatoms. The van der Waals surface area contributed by atoms with Crippen LogP contribution in [0.5, 0.6) is 0 Å². The molecule has 0 bridgehead atoms. The summed E-state index contributed by atoms with van der Waals surface area (Å²) in [4.78, 5) is 16.7. The SMILES string of the molecule is CN(Cc1cccnc1)c1c(F)cccc1C(=O)O. The van der Waals surface area contributed by atoms with Crippen molar-refractivity contribution < 1.29 is 14.3 Å². The number of anilines is 1. The van der Waals surface area contributed by atoms with Crippen molar-refractivity contribution in [3.05, 3.63) is 59.7 Å². The summed E-state index contributed by atoms with van der Waals surface area (Å²) >= 11 is 0. The highest BCUT2D eigenvalue weighted by molar-refractivity contribution is 5.94. The van der Waals surface area contributed by atoms with E-state index in [2.05, 4.69) is 4.98 Å². The lowest BCUT2D eigenvalue weighted by atomic mass is 10.1. The molecule has 0 saturated heterocycles. The molecule has 2 aromatic rings. The molecule has 1 N–H and O–H groups in total. The Bertz CT molecular complexity index is 587. The zero-order chi connectivity index (χ0) is 13.8. The number of hydrogen-bond acceptors (Lipinski definition) is 3. The summed E-state index contributed by atoms with van der Waals surface area (Å²) in [5, 5.41) is 9.10. The molecule has 0 aliphatic carbocycles. The Morgan fingerprint density at radius 3 is 2.79 bits per heavy atom. The first-order valence-corrected chi connectivity index (χ1v) is 5.71. The number of benzene rings is 1. The van der Waals surface area contributed by atoms with Gasteiger partial charge < -0.3 is 10.0 Å². The molecule has 0 aliphatic rings. The number of aromatic nitrogens is 1. The summed E-state index contributed by atoms with van der Waals surface area (Å²) < 4.78 is 13.8. The number of hydrogen-bond donors (Lipinski definition) is 1. The molecule has 2 rings (SSSR count). The van der Waals surface area contributed by atoms with Crippen LogP contribution < -0.4 is 4.90 Å². The van der Waals surface area contributed by atoms with Gasteiger partial charge in [0.1, 0.15) is 5.82 Å². The Hall–Kier alpha value is -2.43. The molecule has 1 aromatic heterocycles. The third kappa shape index (κ3) is 2.88. The van der Waals surface area contributed by atoms with E-state index >= 15 is 0 Å². The van der Waals surface area contributed by atoms with E-state index in [9.17, 15) is 9.18 Å². The average Bonchev–Trinajstić information content (AvgIpc) is 2.39. The monoisotopic (exact) mass is 260 g/mol. The van der Waals surface area contributed by atoms with E-state index in [0.29, 0.717) is 6.54 Å². The van der Waals surface area contributed by atoms with Crippen LogP contribution in [0.4, 0.5) is 10.1 Å². The van der Waals surface area contributed by atoms with Gasteiger partial charge in [0, 0.05) is 26.0 Å². The van der Waals surface area contributed by atoms with Crippen molar-refractivity contribution in [2.75, 3.05) is 11.9 Å². The van der Waals surface area contributed by atoms with E-state index in [-0.39, 0.29) is 11.3 Å². The quantitative estimate of drug-likeness (QED) is 0.917. The van der Waals surface area contributed by atoms with Gasteiger partial charge in [-0.3, -0.25) is 4.98 Å². The molecule has 19 heavy (non-hydrogen) atoms. The Kier molecular flexibility index (Phi) is 3.75. The van der Waals surface area contributed by atoms with Gasteiger partial charge in [-0.1, -0.05) is 12.1 Å². The second kappa shape index (κ2) is 5.48. The zero-order valence-corrected chi connectivity index (χ0v) is 10.4. The van der Waals surface area contributed by atoms with Crippen LogP contribution in [0.1, 0.15) is 15.9 Å². The first kappa shape index (κ1) is 13.0. The number of carboxylic acids is 1. The molecule has 0 unspecified atom stereocenters. The van der Waals surface area contributed by atoms with E-state index in [1.165, 1.54) is 18.2 Å². The van der Waals surface area contributed by atoms with Crippen molar-refractivity contribution in [2.24, 2.45) is 0 Å². The molecule has 0 radical (unpaired) electrons. The largest absolute Gasteiger partial charge is 0.478 e. The molecule has 0 amide bonds. The van der Waals surface area contributed by atoms with E-state index in [4.69, 9.17) is 5.11 Å². The summed E-state index contributed by atoms with van der Waals surface area (Å²) in [6, 6.07) is 7.66. The third-order valence-corrected chi connectivity index (χ3v) is 2.74. The van der Waals surface area contributed by atoms with Gasteiger partial charge in [0.2, 0.25) is 0 Å². The van der Waals surface area contributed by atoms with Crippen molar-refractivity contribution in [3.8, 4) is 0 Å². The Morgan fingerprint density at radius 2 is 2.16 bits per heavy atom. The fourth-order valence-corrected chi connectivity index (χ4v) is 1.92. The van der Waals surface area contributed by atoms with Crippen LogP contribution in [-0.4, -0.2) is 23.1 Å². The Morgan fingerprint density at radius 1 is 1.37 bits per heavy atom. The summed E-state index contributed by atoms with van der Waals surface area (Å²) in [5.74, 6) is -1.70. The molecule has 1 heterocycles. The highest BCUT2D eigenvalue weighted by Crippen LogP contribution is 2.24. The van der Waals surface area contributed by atoms with Crippen LogP contribution in [0.25, 0.3) is 0 Å². The smallest absolute Gasteiger partial charge is 0.337 e. The molecule has 0 saturated carbocycles. The van der Waals surface area contributed by atoms with E-state index < -0.39 is 11.8 Å². The number of nitrogens with zero attached hydrogens (tertiary/aromatic N) is 2. The molecule has 0 aliphatic heterocycles. The topological polar surface area (TPSA) is 53.4 Å². The van der Waals surface area contributed by atoms with Gasteiger partial charge in [0.15, 0.2) is 0 Å². The second-order valence-corrected chi connectivity index (χ2v) is 4.16. The highest BCUT2D eigenvalue weighted by atomic mass is 19.1. The molecular formula is C14H13FN2O2. The van der Waals surface area contributed by atoms with Crippen LogP contribution in [0.3, 0.4) is 0 Å². The van der Waals surface area contributed by atoms with Gasteiger partial charge >= 0.3 is 5.97 Å². The Balaban J connectivity index is 2.33. The maximum atomic E-state index is 13.8. The maximum absolute atomic E-state index is 13.8. The number of halogens is 1. The standard InChI is InChI=1S/C14H13FN2O2/c1-17(9-10-4-3-7-16-8-10)13-11(14(18)19)5-2-6-12(13)15/h2-8H,9H2,1H3,(H,18,19). The summed E-state index contributed by atoms with van der Waals surface area (Å²) in [5.41, 5.74) is 0.912. The van der Waals surface area contributed by atoms with Crippen LogP contribution in [0.15, 0.2) is 42.7 Å². The van der Waals surface area contributed by atoms with Gasteiger partial charge in [-0.25, -0.2) is 9.18 Å². The normalized spacial score (nSPS) is 10.2. The van der Waals surface area contributed by atoms with Crippen molar-refractivity contribution in [1.29, 1.82) is 0 Å². The van der Waals surface area contributed by atoms with Crippen molar-refractivity contribution in [2.45, 2.75) is 6.54 Å². The first-order valence-electron chi connectivity index (χ1n) is 5.71. The van der Waals surface area contributed by atoms with Gasteiger partial charge in [0.05, 0.1) is 11.3 Å². The summed E-state index contributed by atoms with van der Waals surface area (Å²) in [6.45, 7) is 0.384. The van der Waals surface area contributed by atoms with Crippen LogP contribution in [0.2, 0.25) is 0 Å². The van der Waals surface area contributed by atoms with Gasteiger partial charge in [-0.2, -0.15) is 0 Å². The molecule has 0 fully saturated rings. The van der Waals surface area contributed by atoms with Crippen molar-refractivity contribution in [1.82, 2.24) is 4.98 Å². The number of pyridine rings is 1. The fraction of sp³-hybridized carbons (Fsp3) is 0.143. The molecule has 0 atom stereocenters. The van der Waals surface area contributed by atoms with Crippen LogP contribution in [0, 0.1) is 5.82 Å². The number of para-hydroxylation sites is 1. The predicted octanol–water partition coefficient (Wildman–Crippen LogP) is 2.56. The number of carbonyl (C=O) groups is 1. The minimum Gasteiger partial charge on any atom is -0.478 e. The molecule has 4 nitrogen and oxygen atoms in total. The van der Waals surface area contributed by atoms with Crippen molar-refractivity contribution >= 4 is 11.7 Å². The third-order valence-electron chi connectivity index (χ3n) is 2.74. The number of carboxylic acid groups (broad SMARTS) is 1. The number of rotatable bonds is 4. The Labute approximate surface area is 110 Å². The lowest BCUT2D eigenvalue weighted by Crippen LogP contribution is -2.21. The minimum absolute atomic E-state index is 0.0496. The fourth-order valence-electron chi connectivity index (χ4n) is 1.92. The first-order chi connectivity index (χ1) is 9.09. The van der Waals surface area contributed by atoms with E-state index in [0.717, 1.165) is 5.56 Å². The zero-order valence-electron chi connectivity index (χ0n) is 10.4. The maximum Gasteiger partial charge on any atom is 0.337 e.